The third kappa shape index (κ3) is 4.10. The van der Waals surface area contributed by atoms with Crippen molar-refractivity contribution >= 4 is 23.3 Å². The van der Waals surface area contributed by atoms with Crippen molar-refractivity contribution in [1.29, 1.82) is 0 Å². The summed E-state index contributed by atoms with van der Waals surface area (Å²) in [5.74, 6) is 0. The van der Waals surface area contributed by atoms with E-state index in [2.05, 4.69) is 0 Å². The van der Waals surface area contributed by atoms with Gasteiger partial charge in [-0.3, -0.25) is 9.09 Å². The van der Waals surface area contributed by atoms with Gasteiger partial charge in [-0.1, -0.05) is 48.5 Å². The SMILES string of the molecule is O=P(Cl)(OC(c1ccccc1)C(F)(F)F)c1ccccc1. The maximum absolute atomic E-state index is 13.1. The van der Waals surface area contributed by atoms with Crippen LogP contribution in [-0.2, 0) is 9.09 Å². The van der Waals surface area contributed by atoms with Crippen molar-refractivity contribution in [2.75, 3.05) is 0 Å². The van der Waals surface area contributed by atoms with Gasteiger partial charge in [0, 0.05) is 0 Å². The van der Waals surface area contributed by atoms with Crippen molar-refractivity contribution in [3.63, 3.8) is 0 Å². The molecule has 0 heterocycles. The van der Waals surface area contributed by atoms with E-state index < -0.39 is 19.0 Å². The van der Waals surface area contributed by atoms with Crippen LogP contribution in [0.2, 0.25) is 0 Å². The van der Waals surface area contributed by atoms with Crippen LogP contribution in [0.25, 0.3) is 0 Å². The molecule has 0 saturated heterocycles. The minimum Gasteiger partial charge on any atom is -0.296 e. The molecule has 2 rings (SSSR count). The van der Waals surface area contributed by atoms with Gasteiger partial charge in [0.15, 0.2) is 6.10 Å². The van der Waals surface area contributed by atoms with Crippen molar-refractivity contribution in [1.82, 2.24) is 0 Å². The van der Waals surface area contributed by atoms with E-state index in [1.807, 2.05) is 0 Å². The van der Waals surface area contributed by atoms with Gasteiger partial charge in [-0.2, -0.15) is 13.2 Å². The zero-order valence-electron chi connectivity index (χ0n) is 10.6. The van der Waals surface area contributed by atoms with E-state index in [9.17, 15) is 17.7 Å². The second-order valence-electron chi connectivity index (χ2n) is 4.25. The maximum atomic E-state index is 13.1. The predicted molar refractivity (Wildman–Crippen MR) is 75.9 cm³/mol. The quantitative estimate of drug-likeness (QED) is 0.730. The van der Waals surface area contributed by atoms with Gasteiger partial charge in [-0.15, -0.1) is 0 Å². The van der Waals surface area contributed by atoms with Crippen LogP contribution in [-0.4, -0.2) is 6.18 Å². The fraction of sp³-hybridized carbons (Fsp3) is 0.143. The molecule has 0 spiro atoms. The van der Waals surface area contributed by atoms with Crippen LogP contribution in [0.3, 0.4) is 0 Å². The second-order valence-corrected chi connectivity index (χ2v) is 7.27. The van der Waals surface area contributed by atoms with Crippen LogP contribution in [0.4, 0.5) is 13.2 Å². The lowest BCUT2D eigenvalue weighted by Crippen LogP contribution is -2.23. The summed E-state index contributed by atoms with van der Waals surface area (Å²) in [5, 5.41) is 0.0249. The van der Waals surface area contributed by atoms with Gasteiger partial charge in [0.1, 0.15) is 0 Å². The van der Waals surface area contributed by atoms with Crippen molar-refractivity contribution in [3.8, 4) is 0 Å². The molecule has 0 aliphatic heterocycles. The molecule has 0 saturated carbocycles. The summed E-state index contributed by atoms with van der Waals surface area (Å²) in [6, 6.07) is 14.4. The van der Waals surface area contributed by atoms with Crippen molar-refractivity contribution < 1.29 is 22.3 Å². The Balaban J connectivity index is 2.35. The molecular weight excluding hydrogens is 324 g/mol. The van der Waals surface area contributed by atoms with Crippen molar-refractivity contribution in [3.05, 3.63) is 66.2 Å². The summed E-state index contributed by atoms with van der Waals surface area (Å²) in [6.45, 7) is -4.11. The lowest BCUT2D eigenvalue weighted by molar-refractivity contribution is -0.196. The molecule has 0 aromatic heterocycles. The van der Waals surface area contributed by atoms with Crippen LogP contribution >= 0.6 is 18.0 Å². The van der Waals surface area contributed by atoms with E-state index in [-0.39, 0.29) is 10.9 Å². The first kappa shape index (κ1) is 16.1. The van der Waals surface area contributed by atoms with Gasteiger partial charge in [0.25, 0.3) is 0 Å². The number of halogens is 4. The minimum atomic E-state index is -4.72. The topological polar surface area (TPSA) is 26.3 Å². The first-order valence-corrected chi connectivity index (χ1v) is 8.49. The summed E-state index contributed by atoms with van der Waals surface area (Å²) in [6.07, 6.45) is -7.07. The Morgan fingerprint density at radius 1 is 0.952 bits per heavy atom. The molecule has 2 nitrogen and oxygen atoms in total. The largest absolute Gasteiger partial charge is 0.419 e. The molecule has 0 amide bonds. The number of benzene rings is 2. The molecule has 7 heteroatoms. The van der Waals surface area contributed by atoms with Crippen LogP contribution < -0.4 is 5.30 Å². The zero-order chi connectivity index (χ0) is 15.5. The molecule has 0 bridgehead atoms. The Hall–Kier alpha value is -1.29. The first-order valence-electron chi connectivity index (χ1n) is 5.96. The highest BCUT2D eigenvalue weighted by Gasteiger charge is 2.46. The maximum Gasteiger partial charge on any atom is 0.419 e. The van der Waals surface area contributed by atoms with Crippen molar-refractivity contribution in [2.45, 2.75) is 12.3 Å². The third-order valence-corrected chi connectivity index (χ3v) is 4.93. The van der Waals surface area contributed by atoms with Gasteiger partial charge >= 0.3 is 12.9 Å². The monoisotopic (exact) mass is 334 g/mol. The Morgan fingerprint density at radius 3 is 1.90 bits per heavy atom. The Labute approximate surface area is 124 Å². The number of alkyl halides is 3. The summed E-state index contributed by atoms with van der Waals surface area (Å²) in [7, 11) is 0. The highest BCUT2D eigenvalue weighted by Crippen LogP contribution is 2.57. The lowest BCUT2D eigenvalue weighted by Gasteiger charge is -2.23. The minimum absolute atomic E-state index is 0.0249. The van der Waals surface area contributed by atoms with Crippen LogP contribution in [0.5, 0.6) is 0 Å². The Morgan fingerprint density at radius 2 is 1.43 bits per heavy atom. The predicted octanol–water partition coefficient (Wildman–Crippen LogP) is 5.06. The number of hydrogen-bond donors (Lipinski definition) is 0. The van der Waals surface area contributed by atoms with Crippen molar-refractivity contribution in [2.24, 2.45) is 0 Å². The van der Waals surface area contributed by atoms with Gasteiger partial charge in [0.05, 0.1) is 5.30 Å². The molecule has 2 unspecified atom stereocenters. The fourth-order valence-electron chi connectivity index (χ4n) is 1.74. The molecule has 0 aliphatic rings. The summed E-state index contributed by atoms with van der Waals surface area (Å²) >= 11 is 5.75. The normalized spacial score (nSPS) is 16.2. The van der Waals surface area contributed by atoms with Gasteiger partial charge in [-0.25, -0.2) is 0 Å². The highest BCUT2D eigenvalue weighted by molar-refractivity contribution is 7.91. The number of rotatable bonds is 4. The van der Waals surface area contributed by atoms with Crippen LogP contribution in [0.1, 0.15) is 11.7 Å². The lowest BCUT2D eigenvalue weighted by atomic mass is 10.1. The average molecular weight is 335 g/mol. The van der Waals surface area contributed by atoms with E-state index in [1.54, 1.807) is 12.1 Å². The second kappa shape index (κ2) is 6.22. The molecule has 112 valence electrons. The van der Waals surface area contributed by atoms with Crippen LogP contribution in [0, 0.1) is 0 Å². The highest BCUT2D eigenvalue weighted by atomic mass is 35.7. The molecular formula is C14H11ClF3O2P. The third-order valence-electron chi connectivity index (χ3n) is 2.71. The Bertz CT molecular complexity index is 632. The smallest absolute Gasteiger partial charge is 0.296 e. The summed E-state index contributed by atoms with van der Waals surface area (Å²) < 4.78 is 56.5. The molecule has 2 aromatic carbocycles. The molecule has 2 aromatic rings. The fourth-order valence-corrected chi connectivity index (χ4v) is 3.48. The number of hydrogen-bond acceptors (Lipinski definition) is 2. The standard InChI is InChI=1S/C14H11ClF3O2P/c15-21(19,12-9-5-2-6-10-12)20-13(14(16,17)18)11-7-3-1-4-8-11/h1-10,13H. The first-order chi connectivity index (χ1) is 9.81. The summed E-state index contributed by atoms with van der Waals surface area (Å²) in [4.78, 5) is 0. The van der Waals surface area contributed by atoms with E-state index in [0.717, 1.165) is 0 Å². The van der Waals surface area contributed by atoms with Gasteiger partial charge in [-0.05, 0) is 28.9 Å². The van der Waals surface area contributed by atoms with Crippen LogP contribution in [0.15, 0.2) is 60.7 Å². The van der Waals surface area contributed by atoms with Gasteiger partial charge < -0.3 is 0 Å². The molecule has 0 N–H and O–H groups in total. The summed E-state index contributed by atoms with van der Waals surface area (Å²) in [5.41, 5.74) is -0.151. The van der Waals surface area contributed by atoms with E-state index >= 15 is 0 Å². The van der Waals surface area contributed by atoms with E-state index in [1.165, 1.54) is 48.5 Å². The Kier molecular flexibility index (Phi) is 4.77. The zero-order valence-corrected chi connectivity index (χ0v) is 12.3. The average Bonchev–Trinajstić information content (AvgIpc) is 2.46. The molecule has 0 radical (unpaired) electrons. The molecule has 2 atom stereocenters. The molecule has 21 heavy (non-hydrogen) atoms. The van der Waals surface area contributed by atoms with Gasteiger partial charge in [0.2, 0.25) is 0 Å². The van der Waals surface area contributed by atoms with E-state index in [0.29, 0.717) is 0 Å². The molecule has 0 fully saturated rings. The molecule has 0 aliphatic carbocycles. The van der Waals surface area contributed by atoms with E-state index in [4.69, 9.17) is 15.8 Å².